The molecule has 106 valence electrons. The molecule has 0 amide bonds. The second-order valence-electron chi connectivity index (χ2n) is 4.59. The molecule has 4 nitrogen and oxygen atoms in total. The predicted molar refractivity (Wildman–Crippen MR) is 82.4 cm³/mol. The maximum atomic E-state index is 12.6. The van der Waals surface area contributed by atoms with Crippen LogP contribution in [-0.4, -0.2) is 30.3 Å². The van der Waals surface area contributed by atoms with Gasteiger partial charge in [-0.05, 0) is 31.4 Å². The Kier molecular flexibility index (Phi) is 4.52. The van der Waals surface area contributed by atoms with Gasteiger partial charge in [0.25, 0.3) is 10.0 Å². The third kappa shape index (κ3) is 3.46. The molecule has 19 heavy (non-hydrogen) atoms. The number of thiophene rings is 1. The van der Waals surface area contributed by atoms with Crippen LogP contribution in [0.1, 0.15) is 24.8 Å². The summed E-state index contributed by atoms with van der Waals surface area (Å²) in [5, 5.41) is 0. The lowest BCUT2D eigenvalue weighted by atomic mass is 10.4. The highest BCUT2D eigenvalue weighted by molar-refractivity contribution is 7.91. The second-order valence-corrected chi connectivity index (χ2v) is 8.88. The van der Waals surface area contributed by atoms with Crippen molar-refractivity contribution in [2.75, 3.05) is 6.54 Å². The zero-order chi connectivity index (χ0) is 14.2. The molecule has 1 saturated carbocycles. The van der Waals surface area contributed by atoms with Crippen molar-refractivity contribution in [1.82, 2.24) is 4.31 Å². The van der Waals surface area contributed by atoms with Gasteiger partial charge in [0.15, 0.2) is 0 Å². The molecule has 0 saturated heterocycles. The van der Waals surface area contributed by atoms with E-state index in [1.807, 2.05) is 0 Å². The van der Waals surface area contributed by atoms with E-state index in [0.29, 0.717) is 26.5 Å². The van der Waals surface area contributed by atoms with Crippen molar-refractivity contribution in [3.05, 3.63) is 16.0 Å². The largest absolute Gasteiger partial charge is 0.393 e. The first-order valence-corrected chi connectivity index (χ1v) is 8.92. The van der Waals surface area contributed by atoms with Gasteiger partial charge in [-0.2, -0.15) is 4.31 Å². The summed E-state index contributed by atoms with van der Waals surface area (Å²) >= 11 is 11.9. The van der Waals surface area contributed by atoms with Crippen molar-refractivity contribution in [3.8, 4) is 0 Å². The maximum absolute atomic E-state index is 12.6. The molecule has 1 aromatic heterocycles. The van der Waals surface area contributed by atoms with Gasteiger partial charge in [-0.3, -0.25) is 0 Å². The summed E-state index contributed by atoms with van der Waals surface area (Å²) in [5.41, 5.74) is 6.25. The molecule has 0 spiro atoms. The molecule has 1 heterocycles. The molecule has 0 unspecified atom stereocenters. The van der Waals surface area contributed by atoms with E-state index in [4.69, 9.17) is 29.6 Å². The zero-order valence-corrected chi connectivity index (χ0v) is 13.6. The third-order valence-corrected chi connectivity index (χ3v) is 7.09. The van der Waals surface area contributed by atoms with Gasteiger partial charge < -0.3 is 5.73 Å². The lowest BCUT2D eigenvalue weighted by Crippen LogP contribution is -2.35. The average molecular weight is 339 g/mol. The minimum absolute atomic E-state index is 0.0838. The minimum atomic E-state index is -3.48. The Hall–Kier alpha value is -0.210. The van der Waals surface area contributed by atoms with Crippen LogP contribution in [0.15, 0.2) is 10.3 Å². The van der Waals surface area contributed by atoms with Crippen LogP contribution in [0.25, 0.3) is 0 Å². The van der Waals surface area contributed by atoms with E-state index >= 15 is 0 Å². The number of rotatable bonds is 6. The number of thiocarbonyl (C=S) groups is 1. The number of hydrogen-bond donors (Lipinski definition) is 1. The van der Waals surface area contributed by atoms with Gasteiger partial charge in [-0.1, -0.05) is 23.8 Å². The number of nitrogens with two attached hydrogens (primary N) is 1. The van der Waals surface area contributed by atoms with Gasteiger partial charge in [0.2, 0.25) is 0 Å². The molecule has 2 N–H and O–H groups in total. The molecule has 1 aliphatic carbocycles. The first kappa shape index (κ1) is 15.2. The Morgan fingerprint density at radius 2 is 2.26 bits per heavy atom. The monoisotopic (exact) mass is 338 g/mol. The lowest BCUT2D eigenvalue weighted by Gasteiger charge is -2.20. The summed E-state index contributed by atoms with van der Waals surface area (Å²) in [5.74, 6) is 0. The molecule has 0 atom stereocenters. The lowest BCUT2D eigenvalue weighted by molar-refractivity contribution is 0.414. The summed E-state index contributed by atoms with van der Waals surface area (Å²) in [6.45, 7) is 2.14. The quantitative estimate of drug-likeness (QED) is 0.810. The number of halogens is 1. The molecule has 0 aromatic carbocycles. The summed E-state index contributed by atoms with van der Waals surface area (Å²) in [4.78, 5) is 0.334. The normalized spacial score (nSPS) is 15.9. The first-order chi connectivity index (χ1) is 8.82. The van der Waals surface area contributed by atoms with Gasteiger partial charge >= 0.3 is 0 Å². The number of aryl methyl sites for hydroxylation is 1. The van der Waals surface area contributed by atoms with Crippen LogP contribution in [0.3, 0.4) is 0 Å². The second kappa shape index (κ2) is 5.65. The van der Waals surface area contributed by atoms with Crippen molar-refractivity contribution in [3.63, 3.8) is 0 Å². The fourth-order valence-electron chi connectivity index (χ4n) is 1.76. The van der Waals surface area contributed by atoms with E-state index in [9.17, 15) is 8.42 Å². The van der Waals surface area contributed by atoms with E-state index < -0.39 is 10.0 Å². The highest BCUT2D eigenvalue weighted by Gasteiger charge is 2.38. The van der Waals surface area contributed by atoms with Gasteiger partial charge in [-0.25, -0.2) is 8.42 Å². The number of nitrogens with zero attached hydrogens (tertiary/aromatic N) is 1. The SMILES string of the molecule is Cc1cc(S(=O)(=O)N(CCC(N)=S)C2CC2)sc1Cl. The summed E-state index contributed by atoms with van der Waals surface area (Å²) in [7, 11) is -3.48. The van der Waals surface area contributed by atoms with Gasteiger partial charge in [-0.15, -0.1) is 11.3 Å². The third-order valence-electron chi connectivity index (χ3n) is 2.93. The molecule has 2 rings (SSSR count). The number of sulfonamides is 1. The molecule has 0 aliphatic heterocycles. The highest BCUT2D eigenvalue weighted by Crippen LogP contribution is 2.37. The standard InChI is InChI=1S/C11H15ClN2O2S3/c1-7-6-10(18-11(7)12)19(15,16)14(8-2-3-8)5-4-9(13)17/h6,8H,2-5H2,1H3,(H2,13,17). The Morgan fingerprint density at radius 1 is 1.63 bits per heavy atom. The van der Waals surface area contributed by atoms with E-state index in [0.717, 1.165) is 29.7 Å². The Balaban J connectivity index is 2.26. The minimum Gasteiger partial charge on any atom is -0.393 e. The molecular formula is C11H15ClN2O2S3. The summed E-state index contributed by atoms with van der Waals surface area (Å²) in [6, 6.07) is 1.71. The van der Waals surface area contributed by atoms with Crippen molar-refractivity contribution in [2.45, 2.75) is 36.4 Å². The van der Waals surface area contributed by atoms with Crippen LogP contribution in [0.5, 0.6) is 0 Å². The molecular weight excluding hydrogens is 324 g/mol. The van der Waals surface area contributed by atoms with E-state index in [-0.39, 0.29) is 6.04 Å². The van der Waals surface area contributed by atoms with Crippen molar-refractivity contribution >= 4 is 50.2 Å². The molecule has 1 fully saturated rings. The predicted octanol–water partition coefficient (Wildman–Crippen LogP) is 2.54. The van der Waals surface area contributed by atoms with Crippen LogP contribution in [0.2, 0.25) is 4.34 Å². The Morgan fingerprint density at radius 3 is 2.68 bits per heavy atom. The maximum Gasteiger partial charge on any atom is 0.252 e. The van der Waals surface area contributed by atoms with E-state index in [2.05, 4.69) is 0 Å². The Bertz CT molecular complexity index is 574. The molecule has 0 radical (unpaired) electrons. The van der Waals surface area contributed by atoms with Crippen LogP contribution in [0, 0.1) is 6.92 Å². The summed E-state index contributed by atoms with van der Waals surface area (Å²) < 4.78 is 27.5. The highest BCUT2D eigenvalue weighted by atomic mass is 35.5. The van der Waals surface area contributed by atoms with Gasteiger partial charge in [0.1, 0.15) is 4.21 Å². The number of hydrogen-bond acceptors (Lipinski definition) is 4. The van der Waals surface area contributed by atoms with Crippen LogP contribution >= 0.6 is 35.2 Å². The van der Waals surface area contributed by atoms with E-state index in [1.165, 1.54) is 4.31 Å². The van der Waals surface area contributed by atoms with Crippen molar-refractivity contribution < 1.29 is 8.42 Å². The topological polar surface area (TPSA) is 63.4 Å². The van der Waals surface area contributed by atoms with E-state index in [1.54, 1.807) is 13.0 Å². The molecule has 0 bridgehead atoms. The average Bonchev–Trinajstić information content (AvgIpc) is 3.06. The zero-order valence-electron chi connectivity index (χ0n) is 10.4. The Labute approximate surface area is 127 Å². The van der Waals surface area contributed by atoms with Crippen molar-refractivity contribution in [2.24, 2.45) is 5.73 Å². The molecule has 1 aliphatic rings. The fraction of sp³-hybridized carbons (Fsp3) is 0.545. The van der Waals surface area contributed by atoms with Crippen LogP contribution in [-0.2, 0) is 10.0 Å². The fourth-order valence-corrected chi connectivity index (χ4v) is 5.37. The smallest absolute Gasteiger partial charge is 0.252 e. The summed E-state index contributed by atoms with van der Waals surface area (Å²) in [6.07, 6.45) is 2.20. The van der Waals surface area contributed by atoms with Crippen LogP contribution < -0.4 is 5.73 Å². The molecule has 8 heteroatoms. The van der Waals surface area contributed by atoms with Gasteiger partial charge in [0, 0.05) is 19.0 Å². The van der Waals surface area contributed by atoms with Gasteiger partial charge in [0.05, 0.1) is 9.32 Å². The first-order valence-electron chi connectivity index (χ1n) is 5.88. The van der Waals surface area contributed by atoms with Crippen LogP contribution in [0.4, 0.5) is 0 Å². The van der Waals surface area contributed by atoms with Crippen molar-refractivity contribution in [1.29, 1.82) is 0 Å². The molecule has 1 aromatic rings.